The molecule has 1 heterocycles. The first-order valence-corrected chi connectivity index (χ1v) is 6.00. The third kappa shape index (κ3) is 2.98. The van der Waals surface area contributed by atoms with Crippen LogP contribution >= 0.6 is 0 Å². The van der Waals surface area contributed by atoms with Crippen molar-refractivity contribution in [3.63, 3.8) is 0 Å². The van der Waals surface area contributed by atoms with Gasteiger partial charge in [0.25, 0.3) is 0 Å². The summed E-state index contributed by atoms with van der Waals surface area (Å²) in [7, 11) is 1.70. The van der Waals surface area contributed by atoms with Gasteiger partial charge in [-0.1, -0.05) is 6.92 Å². The van der Waals surface area contributed by atoms with Crippen LogP contribution in [0.1, 0.15) is 12.7 Å². The van der Waals surface area contributed by atoms with Crippen LogP contribution in [0.3, 0.4) is 0 Å². The number of hydrogen-bond acceptors (Lipinski definition) is 4. The third-order valence-electron chi connectivity index (χ3n) is 2.60. The van der Waals surface area contributed by atoms with E-state index in [1.165, 1.54) is 0 Å². The molecule has 0 aliphatic heterocycles. The maximum absolute atomic E-state index is 13.1. The first-order valence-electron chi connectivity index (χ1n) is 6.00. The molecule has 0 saturated heterocycles. The molecule has 0 atom stereocenters. The minimum atomic E-state index is -1.50. The van der Waals surface area contributed by atoms with Crippen LogP contribution in [0.25, 0.3) is 0 Å². The Kier molecular flexibility index (Phi) is 4.07. The number of anilines is 3. The smallest absolute Gasteiger partial charge is 0.194 e. The quantitative estimate of drug-likeness (QED) is 0.845. The molecule has 0 aliphatic rings. The van der Waals surface area contributed by atoms with E-state index < -0.39 is 17.5 Å². The Labute approximate surface area is 114 Å². The van der Waals surface area contributed by atoms with E-state index in [4.69, 9.17) is 0 Å². The molecule has 0 spiro atoms. The fourth-order valence-electron chi connectivity index (χ4n) is 1.62. The van der Waals surface area contributed by atoms with Gasteiger partial charge in [-0.2, -0.15) is 0 Å². The molecule has 2 aromatic rings. The maximum Gasteiger partial charge on any atom is 0.194 e. The molecule has 0 bridgehead atoms. The molecular weight excluding hydrogens is 269 g/mol. The second-order valence-corrected chi connectivity index (χ2v) is 4.04. The lowest BCUT2D eigenvalue weighted by Gasteiger charge is -2.09. The highest BCUT2D eigenvalue weighted by atomic mass is 19.2. The third-order valence-corrected chi connectivity index (χ3v) is 2.60. The predicted octanol–water partition coefficient (Wildman–Crippen LogP) is 3.24. The maximum atomic E-state index is 13.1. The number of benzene rings is 1. The summed E-state index contributed by atoms with van der Waals surface area (Å²) in [5.41, 5.74) is 0.0733. The van der Waals surface area contributed by atoms with E-state index in [1.54, 1.807) is 13.1 Å². The van der Waals surface area contributed by atoms with Gasteiger partial charge >= 0.3 is 0 Å². The van der Waals surface area contributed by atoms with Gasteiger partial charge in [0.05, 0.1) is 0 Å². The zero-order valence-corrected chi connectivity index (χ0v) is 11.0. The molecule has 0 saturated carbocycles. The number of hydrogen-bond donors (Lipinski definition) is 2. The summed E-state index contributed by atoms with van der Waals surface area (Å²) in [6.45, 7) is 1.88. The van der Waals surface area contributed by atoms with Gasteiger partial charge in [0.1, 0.15) is 17.5 Å². The van der Waals surface area contributed by atoms with Crippen molar-refractivity contribution in [2.45, 2.75) is 13.3 Å². The van der Waals surface area contributed by atoms with Crippen molar-refractivity contribution < 1.29 is 13.2 Å². The first-order chi connectivity index (χ1) is 9.53. The minimum Gasteiger partial charge on any atom is -0.373 e. The van der Waals surface area contributed by atoms with Crippen LogP contribution in [-0.4, -0.2) is 17.0 Å². The molecule has 0 radical (unpaired) electrons. The Bertz CT molecular complexity index is 586. The summed E-state index contributed by atoms with van der Waals surface area (Å²) in [5.74, 6) is -2.50. The fourth-order valence-corrected chi connectivity index (χ4v) is 1.62. The number of nitrogens with one attached hydrogen (secondary N) is 2. The fraction of sp³-hybridized carbons (Fsp3) is 0.231. The molecule has 20 heavy (non-hydrogen) atoms. The summed E-state index contributed by atoms with van der Waals surface area (Å²) in [6.07, 6.45) is 0.607. The van der Waals surface area contributed by atoms with Crippen molar-refractivity contribution in [1.29, 1.82) is 0 Å². The molecule has 0 fully saturated rings. The van der Waals surface area contributed by atoms with Gasteiger partial charge in [-0.15, -0.1) is 0 Å². The van der Waals surface area contributed by atoms with E-state index in [-0.39, 0.29) is 5.69 Å². The van der Waals surface area contributed by atoms with E-state index in [2.05, 4.69) is 20.6 Å². The minimum absolute atomic E-state index is 0.0733. The molecule has 0 aliphatic carbocycles. The molecule has 1 aromatic carbocycles. The second-order valence-electron chi connectivity index (χ2n) is 4.04. The molecular formula is C13H13F3N4. The number of nitrogens with zero attached hydrogens (tertiary/aromatic N) is 2. The molecule has 4 nitrogen and oxygen atoms in total. The van der Waals surface area contributed by atoms with Crippen LogP contribution in [0.4, 0.5) is 30.5 Å². The summed E-state index contributed by atoms with van der Waals surface area (Å²) in [6, 6.07) is 3.31. The van der Waals surface area contributed by atoms with E-state index in [1.807, 2.05) is 6.92 Å². The highest BCUT2D eigenvalue weighted by molar-refractivity contribution is 5.59. The van der Waals surface area contributed by atoms with Gasteiger partial charge in [0, 0.05) is 37.4 Å². The van der Waals surface area contributed by atoms with Gasteiger partial charge in [-0.3, -0.25) is 0 Å². The van der Waals surface area contributed by atoms with Crippen LogP contribution in [0.2, 0.25) is 0 Å². The average Bonchev–Trinajstić information content (AvgIpc) is 2.44. The normalized spacial score (nSPS) is 10.4. The molecule has 106 valence electrons. The van der Waals surface area contributed by atoms with Crippen LogP contribution in [-0.2, 0) is 6.42 Å². The van der Waals surface area contributed by atoms with E-state index >= 15 is 0 Å². The lowest BCUT2D eigenvalue weighted by Crippen LogP contribution is -2.04. The average molecular weight is 282 g/mol. The van der Waals surface area contributed by atoms with Crippen LogP contribution in [0, 0.1) is 17.5 Å². The Balaban J connectivity index is 2.34. The van der Waals surface area contributed by atoms with E-state index in [0.29, 0.717) is 23.9 Å². The van der Waals surface area contributed by atoms with Gasteiger partial charge in [-0.05, 0) is 0 Å². The van der Waals surface area contributed by atoms with Crippen molar-refractivity contribution in [2.24, 2.45) is 0 Å². The van der Waals surface area contributed by atoms with Crippen molar-refractivity contribution in [3.05, 3.63) is 41.5 Å². The number of halogens is 3. The Hall–Kier alpha value is -2.31. The molecule has 2 rings (SSSR count). The summed E-state index contributed by atoms with van der Waals surface area (Å²) in [5, 5.41) is 5.58. The summed E-state index contributed by atoms with van der Waals surface area (Å²) in [4.78, 5) is 8.37. The Morgan fingerprint density at radius 3 is 2.15 bits per heavy atom. The Morgan fingerprint density at radius 2 is 1.60 bits per heavy atom. The largest absolute Gasteiger partial charge is 0.373 e. The highest BCUT2D eigenvalue weighted by Crippen LogP contribution is 2.21. The Morgan fingerprint density at radius 1 is 1.00 bits per heavy atom. The van der Waals surface area contributed by atoms with Crippen molar-refractivity contribution in [3.8, 4) is 0 Å². The summed E-state index contributed by atoms with van der Waals surface area (Å²) >= 11 is 0. The van der Waals surface area contributed by atoms with Gasteiger partial charge in [0.15, 0.2) is 17.5 Å². The SMILES string of the molecule is CCc1nc(NC)cc(Nc2cc(F)c(F)c(F)c2)n1. The van der Waals surface area contributed by atoms with Crippen LogP contribution < -0.4 is 10.6 Å². The lowest BCUT2D eigenvalue weighted by molar-refractivity contribution is 0.448. The van der Waals surface area contributed by atoms with E-state index in [9.17, 15) is 13.2 Å². The molecule has 2 N–H and O–H groups in total. The lowest BCUT2D eigenvalue weighted by atomic mass is 10.3. The predicted molar refractivity (Wildman–Crippen MR) is 70.6 cm³/mol. The van der Waals surface area contributed by atoms with Gasteiger partial charge in [0.2, 0.25) is 0 Å². The summed E-state index contributed by atoms with van der Waals surface area (Å²) < 4.78 is 39.1. The van der Waals surface area contributed by atoms with Gasteiger partial charge in [-0.25, -0.2) is 23.1 Å². The van der Waals surface area contributed by atoms with Crippen LogP contribution in [0.5, 0.6) is 0 Å². The molecule has 0 unspecified atom stereocenters. The number of rotatable bonds is 4. The first kappa shape index (κ1) is 14.1. The van der Waals surface area contributed by atoms with Crippen molar-refractivity contribution in [1.82, 2.24) is 9.97 Å². The number of aryl methyl sites for hydroxylation is 1. The topological polar surface area (TPSA) is 49.8 Å². The van der Waals surface area contributed by atoms with Crippen molar-refractivity contribution >= 4 is 17.3 Å². The molecule has 1 aromatic heterocycles. The zero-order valence-electron chi connectivity index (χ0n) is 11.0. The molecule has 0 amide bonds. The second kappa shape index (κ2) is 5.77. The van der Waals surface area contributed by atoms with E-state index in [0.717, 1.165) is 12.1 Å². The molecule has 7 heteroatoms. The van der Waals surface area contributed by atoms with Gasteiger partial charge < -0.3 is 10.6 Å². The standard InChI is InChI=1S/C13H13F3N4/c1-3-10-19-11(17-2)6-12(20-10)18-7-4-8(14)13(16)9(15)5-7/h4-6H,3H2,1-2H3,(H2,17,18,19,20). The number of aromatic nitrogens is 2. The zero-order chi connectivity index (χ0) is 14.7. The van der Waals surface area contributed by atoms with Crippen molar-refractivity contribution in [2.75, 3.05) is 17.7 Å². The highest BCUT2D eigenvalue weighted by Gasteiger charge is 2.11. The monoisotopic (exact) mass is 282 g/mol. The van der Waals surface area contributed by atoms with Crippen LogP contribution in [0.15, 0.2) is 18.2 Å².